The Balaban J connectivity index is 1.76. The minimum atomic E-state index is -0.188. The largest absolute Gasteiger partial charge is 0.321 e. The van der Waals surface area contributed by atoms with Crippen LogP contribution >= 0.6 is 11.5 Å². The molecule has 0 unspecified atom stereocenters. The van der Waals surface area contributed by atoms with Gasteiger partial charge >= 0.3 is 0 Å². The van der Waals surface area contributed by atoms with Gasteiger partial charge in [-0.05, 0) is 42.2 Å². The van der Waals surface area contributed by atoms with Crippen molar-refractivity contribution in [2.24, 2.45) is 0 Å². The molecule has 0 atom stereocenters. The number of aromatic nitrogens is 4. The van der Waals surface area contributed by atoms with Gasteiger partial charge in [-0.2, -0.15) is 5.10 Å². The molecule has 0 aliphatic heterocycles. The molecular formula is C13H11N5OS. The summed E-state index contributed by atoms with van der Waals surface area (Å²) >= 11 is 1.09. The summed E-state index contributed by atoms with van der Waals surface area (Å²) < 4.78 is 3.75. The summed E-state index contributed by atoms with van der Waals surface area (Å²) in [5, 5.41) is 13.4. The molecule has 2 aromatic heterocycles. The third-order valence-electron chi connectivity index (χ3n) is 2.81. The van der Waals surface area contributed by atoms with Crippen molar-refractivity contribution < 1.29 is 4.79 Å². The van der Waals surface area contributed by atoms with Crippen molar-refractivity contribution >= 4 is 23.1 Å². The first-order valence-corrected chi connectivity index (χ1v) is 6.71. The Labute approximate surface area is 119 Å². The van der Waals surface area contributed by atoms with E-state index in [1.165, 1.54) is 0 Å². The minimum Gasteiger partial charge on any atom is -0.321 e. The number of anilines is 1. The molecule has 0 aliphatic rings. The number of hydrogen-bond donors (Lipinski definition) is 2. The highest BCUT2D eigenvalue weighted by Gasteiger charge is 2.13. The molecule has 0 aliphatic carbocycles. The van der Waals surface area contributed by atoms with Crippen LogP contribution in [0.1, 0.15) is 15.4 Å². The van der Waals surface area contributed by atoms with E-state index in [4.69, 9.17) is 0 Å². The highest BCUT2D eigenvalue weighted by molar-refractivity contribution is 7.08. The molecule has 3 aromatic rings. The Bertz CT molecular complexity index is 718. The molecular weight excluding hydrogens is 274 g/mol. The number of H-pyrrole nitrogens is 1. The lowest BCUT2D eigenvalue weighted by atomic mass is 10.1. The van der Waals surface area contributed by atoms with E-state index in [0.717, 1.165) is 28.5 Å². The first kappa shape index (κ1) is 12.5. The standard InChI is InChI=1S/C13H11N5OS/c1-8-12(20-18-16-8)13(19)15-10-4-2-9(3-5-10)11-6-7-14-17-11/h2-7H,1H3,(H,14,17)(H,15,19). The second-order valence-corrected chi connectivity index (χ2v) is 4.94. The van der Waals surface area contributed by atoms with Gasteiger partial charge in [-0.15, -0.1) is 5.10 Å². The number of hydrogen-bond acceptors (Lipinski definition) is 5. The zero-order chi connectivity index (χ0) is 13.9. The lowest BCUT2D eigenvalue weighted by Crippen LogP contribution is -2.11. The molecule has 7 heteroatoms. The van der Waals surface area contributed by atoms with Gasteiger partial charge in [0.1, 0.15) is 4.88 Å². The van der Waals surface area contributed by atoms with Crippen LogP contribution in [0.4, 0.5) is 5.69 Å². The van der Waals surface area contributed by atoms with Crippen molar-refractivity contribution in [3.8, 4) is 11.3 Å². The van der Waals surface area contributed by atoms with E-state index in [0.29, 0.717) is 10.6 Å². The van der Waals surface area contributed by atoms with Crippen molar-refractivity contribution in [1.29, 1.82) is 0 Å². The van der Waals surface area contributed by atoms with Crippen molar-refractivity contribution in [1.82, 2.24) is 19.8 Å². The van der Waals surface area contributed by atoms with Gasteiger partial charge in [-0.1, -0.05) is 16.6 Å². The van der Waals surface area contributed by atoms with E-state index in [1.807, 2.05) is 30.3 Å². The van der Waals surface area contributed by atoms with Crippen LogP contribution in [-0.4, -0.2) is 25.7 Å². The maximum Gasteiger partial charge on any atom is 0.269 e. The zero-order valence-electron chi connectivity index (χ0n) is 10.6. The number of nitrogens with zero attached hydrogens (tertiary/aromatic N) is 3. The third kappa shape index (κ3) is 2.43. The van der Waals surface area contributed by atoms with E-state index < -0.39 is 0 Å². The van der Waals surface area contributed by atoms with Gasteiger partial charge in [0.2, 0.25) is 0 Å². The fraction of sp³-hybridized carbons (Fsp3) is 0.0769. The van der Waals surface area contributed by atoms with Crippen LogP contribution in [0.25, 0.3) is 11.3 Å². The van der Waals surface area contributed by atoms with Gasteiger partial charge in [0.05, 0.1) is 11.4 Å². The maximum atomic E-state index is 12.0. The highest BCUT2D eigenvalue weighted by Crippen LogP contribution is 2.20. The predicted molar refractivity (Wildman–Crippen MR) is 76.6 cm³/mol. The monoisotopic (exact) mass is 285 g/mol. The molecule has 3 rings (SSSR count). The Morgan fingerprint density at radius 2 is 2.05 bits per heavy atom. The van der Waals surface area contributed by atoms with Crippen LogP contribution in [0.5, 0.6) is 0 Å². The van der Waals surface area contributed by atoms with E-state index in [-0.39, 0.29) is 5.91 Å². The summed E-state index contributed by atoms with van der Waals surface area (Å²) in [5.74, 6) is -0.188. The van der Waals surface area contributed by atoms with Crippen LogP contribution < -0.4 is 5.32 Å². The van der Waals surface area contributed by atoms with E-state index in [9.17, 15) is 4.79 Å². The average molecular weight is 285 g/mol. The number of nitrogens with one attached hydrogen (secondary N) is 2. The molecule has 1 amide bonds. The van der Waals surface area contributed by atoms with E-state index >= 15 is 0 Å². The molecule has 100 valence electrons. The van der Waals surface area contributed by atoms with Crippen LogP contribution in [0.15, 0.2) is 36.5 Å². The lowest BCUT2D eigenvalue weighted by molar-refractivity contribution is 0.103. The Morgan fingerprint density at radius 3 is 2.65 bits per heavy atom. The molecule has 2 heterocycles. The second kappa shape index (κ2) is 5.22. The molecule has 0 fully saturated rings. The number of aryl methyl sites for hydroxylation is 1. The SMILES string of the molecule is Cc1nnsc1C(=O)Nc1ccc(-c2ccn[nH]2)cc1. The molecule has 6 nitrogen and oxygen atoms in total. The van der Waals surface area contributed by atoms with Gasteiger partial charge in [0.15, 0.2) is 0 Å². The van der Waals surface area contributed by atoms with Crippen LogP contribution in [0.3, 0.4) is 0 Å². The molecule has 0 saturated carbocycles. The number of aromatic amines is 1. The second-order valence-electron chi connectivity index (χ2n) is 4.19. The molecule has 2 N–H and O–H groups in total. The number of carbonyl (C=O) groups is 1. The number of benzene rings is 1. The molecule has 20 heavy (non-hydrogen) atoms. The van der Waals surface area contributed by atoms with Gasteiger partial charge in [-0.3, -0.25) is 9.89 Å². The third-order valence-corrected chi connectivity index (χ3v) is 3.64. The van der Waals surface area contributed by atoms with Gasteiger partial charge in [-0.25, -0.2) is 0 Å². The van der Waals surface area contributed by atoms with Gasteiger partial charge < -0.3 is 5.32 Å². The normalized spacial score (nSPS) is 10.4. The maximum absolute atomic E-state index is 12.0. The minimum absolute atomic E-state index is 0.188. The van der Waals surface area contributed by atoms with E-state index in [2.05, 4.69) is 25.1 Å². The van der Waals surface area contributed by atoms with E-state index in [1.54, 1.807) is 13.1 Å². The Kier molecular flexibility index (Phi) is 3.26. The molecule has 0 spiro atoms. The van der Waals surface area contributed by atoms with Crippen molar-refractivity contribution in [3.05, 3.63) is 47.1 Å². The van der Waals surface area contributed by atoms with Crippen LogP contribution in [0.2, 0.25) is 0 Å². The Hall–Kier alpha value is -2.54. The molecule has 0 saturated heterocycles. The lowest BCUT2D eigenvalue weighted by Gasteiger charge is -2.04. The fourth-order valence-electron chi connectivity index (χ4n) is 1.78. The highest BCUT2D eigenvalue weighted by atomic mass is 32.1. The molecule has 0 radical (unpaired) electrons. The van der Waals surface area contributed by atoms with Gasteiger partial charge in [0, 0.05) is 11.9 Å². The van der Waals surface area contributed by atoms with Crippen molar-refractivity contribution in [2.45, 2.75) is 6.92 Å². The van der Waals surface area contributed by atoms with Crippen molar-refractivity contribution in [3.63, 3.8) is 0 Å². The topological polar surface area (TPSA) is 83.6 Å². The first-order chi connectivity index (χ1) is 9.74. The summed E-state index contributed by atoms with van der Waals surface area (Å²) in [6.45, 7) is 1.76. The fourth-order valence-corrected chi connectivity index (χ4v) is 2.33. The number of carbonyl (C=O) groups excluding carboxylic acids is 1. The predicted octanol–water partition coefficient (Wildman–Crippen LogP) is 2.49. The van der Waals surface area contributed by atoms with Crippen LogP contribution in [-0.2, 0) is 0 Å². The number of rotatable bonds is 3. The first-order valence-electron chi connectivity index (χ1n) is 5.94. The quantitative estimate of drug-likeness (QED) is 0.774. The summed E-state index contributed by atoms with van der Waals surface area (Å²) in [6, 6.07) is 9.41. The zero-order valence-corrected chi connectivity index (χ0v) is 11.4. The summed E-state index contributed by atoms with van der Waals surface area (Å²) in [6.07, 6.45) is 1.70. The summed E-state index contributed by atoms with van der Waals surface area (Å²) in [4.78, 5) is 12.5. The summed E-state index contributed by atoms with van der Waals surface area (Å²) in [5.41, 5.74) is 3.31. The summed E-state index contributed by atoms with van der Waals surface area (Å²) in [7, 11) is 0. The smallest absolute Gasteiger partial charge is 0.269 e. The Morgan fingerprint density at radius 1 is 1.25 bits per heavy atom. The van der Waals surface area contributed by atoms with Crippen molar-refractivity contribution in [2.75, 3.05) is 5.32 Å². The van der Waals surface area contributed by atoms with Crippen LogP contribution in [0, 0.1) is 6.92 Å². The number of amides is 1. The van der Waals surface area contributed by atoms with Gasteiger partial charge in [0.25, 0.3) is 5.91 Å². The molecule has 1 aromatic carbocycles. The average Bonchev–Trinajstić information content (AvgIpc) is 3.10. The molecule has 0 bridgehead atoms.